The van der Waals surface area contributed by atoms with Crippen molar-refractivity contribution in [1.82, 2.24) is 14.7 Å². The van der Waals surface area contributed by atoms with E-state index in [1.807, 2.05) is 35.9 Å². The molecule has 98 valence electrons. The third kappa shape index (κ3) is 4.48. The van der Waals surface area contributed by atoms with Crippen molar-refractivity contribution in [2.45, 2.75) is 45.3 Å². The van der Waals surface area contributed by atoms with Crippen LogP contribution >= 0.6 is 0 Å². The van der Waals surface area contributed by atoms with E-state index in [2.05, 4.69) is 18.9 Å². The smallest absolute Gasteiger partial charge is 0.0722 e. The van der Waals surface area contributed by atoms with Gasteiger partial charge in [-0.1, -0.05) is 13.8 Å². The standard InChI is InChI=1S/C13H25N3O/c1-5-12(6-2)16-8-7-11(14-16)9-13(17)10-15(3)4/h7-8,12-13,17H,5-6,9-10H2,1-4H3. The second-order valence-corrected chi connectivity index (χ2v) is 4.88. The lowest BCUT2D eigenvalue weighted by atomic mass is 10.2. The minimum atomic E-state index is -0.338. The molecule has 0 radical (unpaired) electrons. The molecule has 0 saturated heterocycles. The van der Waals surface area contributed by atoms with Crippen molar-refractivity contribution in [3.05, 3.63) is 18.0 Å². The molecule has 1 unspecified atom stereocenters. The van der Waals surface area contributed by atoms with Crippen LogP contribution in [0.5, 0.6) is 0 Å². The third-order valence-electron chi connectivity index (χ3n) is 3.00. The number of aromatic nitrogens is 2. The zero-order chi connectivity index (χ0) is 12.8. The predicted octanol–water partition coefficient (Wildman–Crippen LogP) is 1.71. The second-order valence-electron chi connectivity index (χ2n) is 4.88. The van der Waals surface area contributed by atoms with Crippen molar-refractivity contribution < 1.29 is 5.11 Å². The van der Waals surface area contributed by atoms with Crippen LogP contribution in [0.15, 0.2) is 12.3 Å². The number of aliphatic hydroxyl groups is 1. The highest BCUT2D eigenvalue weighted by atomic mass is 16.3. The van der Waals surface area contributed by atoms with Crippen LogP contribution in [-0.4, -0.2) is 46.5 Å². The Bertz CT molecular complexity index is 318. The number of aliphatic hydroxyl groups excluding tert-OH is 1. The van der Waals surface area contributed by atoms with Gasteiger partial charge in [0.15, 0.2) is 0 Å². The molecule has 0 aliphatic rings. The highest BCUT2D eigenvalue weighted by Crippen LogP contribution is 2.15. The molecule has 0 aliphatic carbocycles. The van der Waals surface area contributed by atoms with Crippen LogP contribution in [0.4, 0.5) is 0 Å². The normalized spacial score (nSPS) is 13.6. The Morgan fingerprint density at radius 2 is 2.00 bits per heavy atom. The van der Waals surface area contributed by atoms with Crippen molar-refractivity contribution in [2.75, 3.05) is 20.6 Å². The molecule has 1 aromatic heterocycles. The summed E-state index contributed by atoms with van der Waals surface area (Å²) in [5, 5.41) is 14.4. The van der Waals surface area contributed by atoms with Crippen LogP contribution in [0.3, 0.4) is 0 Å². The van der Waals surface area contributed by atoms with Gasteiger partial charge in [-0.2, -0.15) is 5.10 Å². The fourth-order valence-electron chi connectivity index (χ4n) is 2.08. The van der Waals surface area contributed by atoms with Crippen LogP contribution < -0.4 is 0 Å². The molecule has 1 atom stereocenters. The van der Waals surface area contributed by atoms with Crippen LogP contribution in [0.1, 0.15) is 38.4 Å². The van der Waals surface area contributed by atoms with Gasteiger partial charge in [0, 0.05) is 19.2 Å². The van der Waals surface area contributed by atoms with Gasteiger partial charge in [0.05, 0.1) is 17.8 Å². The van der Waals surface area contributed by atoms with Crippen molar-refractivity contribution in [3.63, 3.8) is 0 Å². The molecule has 1 aromatic rings. The van der Waals surface area contributed by atoms with Gasteiger partial charge in [0.1, 0.15) is 0 Å². The quantitative estimate of drug-likeness (QED) is 0.787. The van der Waals surface area contributed by atoms with E-state index >= 15 is 0 Å². The van der Waals surface area contributed by atoms with Gasteiger partial charge >= 0.3 is 0 Å². The summed E-state index contributed by atoms with van der Waals surface area (Å²) in [6.07, 6.45) is 4.51. The molecular formula is C13H25N3O. The summed E-state index contributed by atoms with van der Waals surface area (Å²) >= 11 is 0. The number of hydrogen-bond acceptors (Lipinski definition) is 3. The van der Waals surface area contributed by atoms with Gasteiger partial charge in [-0.25, -0.2) is 0 Å². The molecule has 1 heterocycles. The number of likely N-dealkylation sites (N-methyl/N-ethyl adjacent to an activating group) is 1. The fraction of sp³-hybridized carbons (Fsp3) is 0.769. The molecular weight excluding hydrogens is 214 g/mol. The SMILES string of the molecule is CCC(CC)n1ccc(CC(O)CN(C)C)n1. The second kappa shape index (κ2) is 6.77. The summed E-state index contributed by atoms with van der Waals surface area (Å²) in [6.45, 7) is 5.03. The molecule has 0 saturated carbocycles. The van der Waals surface area contributed by atoms with Gasteiger partial charge in [-0.3, -0.25) is 4.68 Å². The largest absolute Gasteiger partial charge is 0.391 e. The third-order valence-corrected chi connectivity index (χ3v) is 3.00. The van der Waals surface area contributed by atoms with Gasteiger partial charge in [-0.05, 0) is 33.0 Å². The minimum absolute atomic E-state index is 0.338. The van der Waals surface area contributed by atoms with E-state index in [1.165, 1.54) is 0 Å². The minimum Gasteiger partial charge on any atom is -0.391 e. The summed E-state index contributed by atoms with van der Waals surface area (Å²) in [4.78, 5) is 1.99. The Kier molecular flexibility index (Phi) is 5.65. The first-order valence-corrected chi connectivity index (χ1v) is 6.43. The van der Waals surface area contributed by atoms with Gasteiger partial charge in [0.25, 0.3) is 0 Å². The van der Waals surface area contributed by atoms with E-state index in [0.29, 0.717) is 19.0 Å². The molecule has 4 heteroatoms. The van der Waals surface area contributed by atoms with Crippen LogP contribution in [0.25, 0.3) is 0 Å². The summed E-state index contributed by atoms with van der Waals surface area (Å²) in [7, 11) is 3.93. The summed E-state index contributed by atoms with van der Waals surface area (Å²) in [5.41, 5.74) is 0.978. The van der Waals surface area contributed by atoms with Crippen molar-refractivity contribution in [3.8, 4) is 0 Å². The van der Waals surface area contributed by atoms with Crippen LogP contribution in [0, 0.1) is 0 Å². The Balaban J connectivity index is 2.56. The Hall–Kier alpha value is -0.870. The first-order chi connectivity index (χ1) is 8.06. The van der Waals surface area contributed by atoms with E-state index in [9.17, 15) is 5.11 Å². The Morgan fingerprint density at radius 1 is 1.35 bits per heavy atom. The maximum absolute atomic E-state index is 9.84. The van der Waals surface area contributed by atoms with Crippen molar-refractivity contribution in [1.29, 1.82) is 0 Å². The van der Waals surface area contributed by atoms with Crippen molar-refractivity contribution >= 4 is 0 Å². The topological polar surface area (TPSA) is 41.3 Å². The van der Waals surface area contributed by atoms with E-state index in [0.717, 1.165) is 18.5 Å². The van der Waals surface area contributed by atoms with E-state index in [1.54, 1.807) is 0 Å². The lowest BCUT2D eigenvalue weighted by molar-refractivity contribution is 0.136. The van der Waals surface area contributed by atoms with E-state index in [4.69, 9.17) is 0 Å². The monoisotopic (exact) mass is 239 g/mol. The van der Waals surface area contributed by atoms with E-state index in [-0.39, 0.29) is 6.10 Å². The summed E-state index contributed by atoms with van der Waals surface area (Å²) in [6, 6.07) is 2.49. The van der Waals surface area contributed by atoms with Crippen molar-refractivity contribution in [2.24, 2.45) is 0 Å². The molecule has 0 bridgehead atoms. The average molecular weight is 239 g/mol. The molecule has 0 spiro atoms. The molecule has 1 N–H and O–H groups in total. The van der Waals surface area contributed by atoms with Crippen LogP contribution in [-0.2, 0) is 6.42 Å². The highest BCUT2D eigenvalue weighted by molar-refractivity contribution is 5.01. The Labute approximate surface area is 104 Å². The molecule has 0 aliphatic heterocycles. The van der Waals surface area contributed by atoms with Crippen LogP contribution in [0.2, 0.25) is 0 Å². The molecule has 1 rings (SSSR count). The molecule has 4 nitrogen and oxygen atoms in total. The number of rotatable bonds is 7. The highest BCUT2D eigenvalue weighted by Gasteiger charge is 2.11. The molecule has 0 amide bonds. The lowest BCUT2D eigenvalue weighted by Gasteiger charge is -2.15. The maximum atomic E-state index is 9.84. The predicted molar refractivity (Wildman–Crippen MR) is 70.1 cm³/mol. The Morgan fingerprint density at radius 3 is 2.53 bits per heavy atom. The zero-order valence-electron chi connectivity index (χ0n) is 11.4. The molecule has 0 fully saturated rings. The number of hydrogen-bond donors (Lipinski definition) is 1. The first kappa shape index (κ1) is 14.2. The molecule has 17 heavy (non-hydrogen) atoms. The number of nitrogens with zero attached hydrogens (tertiary/aromatic N) is 3. The first-order valence-electron chi connectivity index (χ1n) is 6.43. The fourth-order valence-corrected chi connectivity index (χ4v) is 2.08. The molecule has 0 aromatic carbocycles. The lowest BCUT2D eigenvalue weighted by Crippen LogP contribution is -2.27. The van der Waals surface area contributed by atoms with Gasteiger partial charge in [0.2, 0.25) is 0 Å². The maximum Gasteiger partial charge on any atom is 0.0722 e. The summed E-state index contributed by atoms with van der Waals surface area (Å²) < 4.78 is 2.03. The van der Waals surface area contributed by atoms with E-state index < -0.39 is 0 Å². The average Bonchev–Trinajstić information content (AvgIpc) is 2.67. The summed E-state index contributed by atoms with van der Waals surface area (Å²) in [5.74, 6) is 0. The van der Waals surface area contributed by atoms with Gasteiger partial charge in [-0.15, -0.1) is 0 Å². The van der Waals surface area contributed by atoms with Gasteiger partial charge < -0.3 is 10.0 Å². The zero-order valence-corrected chi connectivity index (χ0v) is 11.4.